The van der Waals surface area contributed by atoms with Crippen molar-refractivity contribution in [1.29, 1.82) is 0 Å². The third kappa shape index (κ3) is 7.10. The summed E-state index contributed by atoms with van der Waals surface area (Å²) < 4.78 is 11.0. The number of benzene rings is 3. The number of rotatable bonds is 9. The molecule has 0 saturated carbocycles. The molecular formula is C25H24N2O6. The molecule has 170 valence electrons. The molecule has 0 aromatic heterocycles. The van der Waals surface area contributed by atoms with Gasteiger partial charge in [-0.1, -0.05) is 24.3 Å². The molecule has 0 heterocycles. The van der Waals surface area contributed by atoms with E-state index >= 15 is 0 Å². The molecule has 8 nitrogen and oxygen atoms in total. The second-order valence-corrected chi connectivity index (χ2v) is 7.37. The quantitative estimate of drug-likeness (QED) is 0.455. The first kappa shape index (κ1) is 23.3. The Morgan fingerprint density at radius 1 is 0.727 bits per heavy atom. The molecule has 0 spiro atoms. The van der Waals surface area contributed by atoms with E-state index in [9.17, 15) is 19.5 Å². The second kappa shape index (κ2) is 10.8. The van der Waals surface area contributed by atoms with Gasteiger partial charge in [-0.05, 0) is 67.4 Å². The minimum Gasteiger partial charge on any atom is -0.484 e. The molecule has 0 bridgehead atoms. The van der Waals surface area contributed by atoms with Crippen molar-refractivity contribution in [3.05, 3.63) is 83.4 Å². The summed E-state index contributed by atoms with van der Waals surface area (Å²) in [6, 6.07) is 18.5. The zero-order valence-corrected chi connectivity index (χ0v) is 18.3. The van der Waals surface area contributed by atoms with E-state index in [1.165, 1.54) is 18.2 Å². The van der Waals surface area contributed by atoms with Crippen LogP contribution in [0.2, 0.25) is 0 Å². The number of carbonyl (C=O) groups excluding carboxylic acids is 2. The van der Waals surface area contributed by atoms with Crippen LogP contribution in [0, 0.1) is 13.8 Å². The minimum absolute atomic E-state index is 0.0427. The Hall–Kier alpha value is -4.33. The predicted octanol–water partition coefficient (Wildman–Crippen LogP) is 4.04. The number of carboxylic acid groups (broad SMARTS) is 1. The van der Waals surface area contributed by atoms with E-state index in [-0.39, 0.29) is 30.2 Å². The van der Waals surface area contributed by atoms with Crippen molar-refractivity contribution in [3.63, 3.8) is 0 Å². The van der Waals surface area contributed by atoms with Gasteiger partial charge in [0.2, 0.25) is 0 Å². The van der Waals surface area contributed by atoms with Crippen LogP contribution in [0.3, 0.4) is 0 Å². The van der Waals surface area contributed by atoms with E-state index in [0.717, 1.165) is 11.1 Å². The molecule has 8 heteroatoms. The van der Waals surface area contributed by atoms with Gasteiger partial charge < -0.3 is 25.2 Å². The maximum Gasteiger partial charge on any atom is 0.335 e. The second-order valence-electron chi connectivity index (χ2n) is 7.37. The zero-order valence-electron chi connectivity index (χ0n) is 18.3. The monoisotopic (exact) mass is 448 g/mol. The molecule has 33 heavy (non-hydrogen) atoms. The SMILES string of the molecule is Cc1cccc(OCC(=O)Nc2ccc(C(=O)O)cc2NC(=O)COc2cccc(C)c2)c1. The molecule has 3 aromatic rings. The lowest BCUT2D eigenvalue weighted by molar-refractivity contribution is -0.119. The van der Waals surface area contributed by atoms with Crippen molar-refractivity contribution in [2.75, 3.05) is 23.8 Å². The molecule has 0 unspecified atom stereocenters. The van der Waals surface area contributed by atoms with Crippen molar-refractivity contribution in [3.8, 4) is 11.5 Å². The van der Waals surface area contributed by atoms with Gasteiger partial charge in [-0.25, -0.2) is 4.79 Å². The Morgan fingerprint density at radius 2 is 1.24 bits per heavy atom. The number of aromatic carboxylic acids is 1. The van der Waals surface area contributed by atoms with Gasteiger partial charge in [0.1, 0.15) is 11.5 Å². The maximum absolute atomic E-state index is 12.4. The molecule has 3 rings (SSSR count). The Labute approximate surface area is 191 Å². The van der Waals surface area contributed by atoms with Gasteiger partial charge >= 0.3 is 5.97 Å². The number of aryl methyl sites for hydroxylation is 2. The normalized spacial score (nSPS) is 10.2. The number of amides is 2. The molecular weight excluding hydrogens is 424 g/mol. The summed E-state index contributed by atoms with van der Waals surface area (Å²) >= 11 is 0. The average Bonchev–Trinajstić information content (AvgIpc) is 2.77. The first-order valence-corrected chi connectivity index (χ1v) is 10.2. The van der Waals surface area contributed by atoms with E-state index in [4.69, 9.17) is 9.47 Å². The topological polar surface area (TPSA) is 114 Å². The van der Waals surface area contributed by atoms with Gasteiger partial charge in [0.05, 0.1) is 16.9 Å². The minimum atomic E-state index is -1.16. The third-order valence-electron chi connectivity index (χ3n) is 4.53. The molecule has 0 aliphatic carbocycles. The fourth-order valence-electron chi connectivity index (χ4n) is 2.97. The van der Waals surface area contributed by atoms with Gasteiger partial charge in [-0.3, -0.25) is 9.59 Å². The highest BCUT2D eigenvalue weighted by Crippen LogP contribution is 2.24. The highest BCUT2D eigenvalue weighted by Gasteiger charge is 2.14. The van der Waals surface area contributed by atoms with E-state index in [2.05, 4.69) is 10.6 Å². The van der Waals surface area contributed by atoms with Crippen LogP contribution in [0.5, 0.6) is 11.5 Å². The lowest BCUT2D eigenvalue weighted by atomic mass is 10.1. The van der Waals surface area contributed by atoms with Gasteiger partial charge in [0.15, 0.2) is 13.2 Å². The van der Waals surface area contributed by atoms with Crippen LogP contribution in [0.4, 0.5) is 11.4 Å². The number of hydrogen-bond acceptors (Lipinski definition) is 5. The predicted molar refractivity (Wildman–Crippen MR) is 124 cm³/mol. The first-order chi connectivity index (χ1) is 15.8. The number of ether oxygens (including phenoxy) is 2. The van der Waals surface area contributed by atoms with Crippen molar-refractivity contribution in [1.82, 2.24) is 0 Å². The van der Waals surface area contributed by atoms with Crippen LogP contribution in [0.15, 0.2) is 66.7 Å². The molecule has 0 atom stereocenters. The summed E-state index contributed by atoms with van der Waals surface area (Å²) in [6.07, 6.45) is 0. The van der Waals surface area contributed by atoms with Crippen molar-refractivity contribution in [2.45, 2.75) is 13.8 Å². The Kier molecular flexibility index (Phi) is 7.64. The van der Waals surface area contributed by atoms with E-state index in [0.29, 0.717) is 11.5 Å². The van der Waals surface area contributed by atoms with Crippen LogP contribution in [-0.2, 0) is 9.59 Å². The lowest BCUT2D eigenvalue weighted by Crippen LogP contribution is -2.24. The number of nitrogens with one attached hydrogen (secondary N) is 2. The summed E-state index contributed by atoms with van der Waals surface area (Å²) in [4.78, 5) is 36.1. The standard InChI is InChI=1S/C25H24N2O6/c1-16-5-3-7-19(11-16)32-14-23(28)26-21-10-9-18(25(30)31)13-22(21)27-24(29)15-33-20-8-4-6-17(2)12-20/h3-13H,14-15H2,1-2H3,(H,26,28)(H,27,29)(H,30,31). The highest BCUT2D eigenvalue weighted by molar-refractivity contribution is 6.02. The summed E-state index contributed by atoms with van der Waals surface area (Å²) in [5.74, 6) is -1.06. The van der Waals surface area contributed by atoms with Crippen molar-refractivity contribution < 1.29 is 29.0 Å². The molecule has 0 aliphatic rings. The van der Waals surface area contributed by atoms with Gasteiger partial charge in [-0.15, -0.1) is 0 Å². The summed E-state index contributed by atoms with van der Waals surface area (Å²) in [7, 11) is 0. The van der Waals surface area contributed by atoms with Crippen LogP contribution in [-0.4, -0.2) is 36.1 Å². The molecule has 0 fully saturated rings. The van der Waals surface area contributed by atoms with Crippen LogP contribution in [0.25, 0.3) is 0 Å². The first-order valence-electron chi connectivity index (χ1n) is 10.2. The molecule has 3 N–H and O–H groups in total. The number of carboxylic acids is 1. The number of carbonyl (C=O) groups is 3. The molecule has 2 amide bonds. The third-order valence-corrected chi connectivity index (χ3v) is 4.53. The number of anilines is 2. The number of hydrogen-bond donors (Lipinski definition) is 3. The summed E-state index contributed by atoms with van der Waals surface area (Å²) in [6.45, 7) is 3.27. The molecule has 3 aromatic carbocycles. The molecule has 0 aliphatic heterocycles. The average molecular weight is 448 g/mol. The highest BCUT2D eigenvalue weighted by atomic mass is 16.5. The molecule has 0 saturated heterocycles. The van der Waals surface area contributed by atoms with Gasteiger partial charge in [0, 0.05) is 0 Å². The van der Waals surface area contributed by atoms with E-state index in [1.807, 2.05) is 38.1 Å². The van der Waals surface area contributed by atoms with Crippen molar-refractivity contribution >= 4 is 29.2 Å². The molecule has 0 radical (unpaired) electrons. The van der Waals surface area contributed by atoms with Crippen LogP contribution < -0.4 is 20.1 Å². The Balaban J connectivity index is 1.66. The smallest absolute Gasteiger partial charge is 0.335 e. The largest absolute Gasteiger partial charge is 0.484 e. The lowest BCUT2D eigenvalue weighted by Gasteiger charge is -2.14. The van der Waals surface area contributed by atoms with E-state index < -0.39 is 17.8 Å². The van der Waals surface area contributed by atoms with Crippen LogP contribution >= 0.6 is 0 Å². The van der Waals surface area contributed by atoms with Crippen LogP contribution in [0.1, 0.15) is 21.5 Å². The Bertz CT molecular complexity index is 1180. The van der Waals surface area contributed by atoms with Gasteiger partial charge in [0.25, 0.3) is 11.8 Å². The Morgan fingerprint density at radius 3 is 1.73 bits per heavy atom. The maximum atomic E-state index is 12.4. The van der Waals surface area contributed by atoms with Crippen molar-refractivity contribution in [2.24, 2.45) is 0 Å². The summed E-state index contributed by atoms with van der Waals surface area (Å²) in [5.41, 5.74) is 2.31. The fourth-order valence-corrected chi connectivity index (χ4v) is 2.97. The summed E-state index contributed by atoms with van der Waals surface area (Å²) in [5, 5.41) is 14.5. The zero-order chi connectivity index (χ0) is 23.8. The van der Waals surface area contributed by atoms with E-state index in [1.54, 1.807) is 24.3 Å². The van der Waals surface area contributed by atoms with Gasteiger partial charge in [-0.2, -0.15) is 0 Å². The fraction of sp³-hybridized carbons (Fsp3) is 0.160.